The number of ether oxygens (including phenoxy) is 1. The van der Waals surface area contributed by atoms with Crippen molar-refractivity contribution in [1.82, 2.24) is 5.43 Å². The van der Waals surface area contributed by atoms with E-state index in [1.165, 1.54) is 0 Å². The topological polar surface area (TPSA) is 76.4 Å². The number of rotatable bonds is 5. The number of amides is 2. The average molecular weight is 365 g/mol. The minimum absolute atomic E-state index is 0.0992. The van der Waals surface area contributed by atoms with Crippen LogP contribution in [-0.2, 0) is 6.61 Å². The predicted molar refractivity (Wildman–Crippen MR) is 104 cm³/mol. The summed E-state index contributed by atoms with van der Waals surface area (Å²) in [5.74, 6) is 4.84. The standard InChI is InChI=1S/C21H20FN3O2/c1-14-7-5-11-18(24-21(26)25-23)17(14)13-27-19-12-6-10-16(20(19)22)15-8-3-2-4-9-15/h2-12H,13,23H2,1H3,(H2,24,25,26). The third-order valence-electron chi connectivity index (χ3n) is 4.21. The van der Waals surface area contributed by atoms with Gasteiger partial charge in [0, 0.05) is 16.8 Å². The quantitative estimate of drug-likeness (QED) is 0.357. The van der Waals surface area contributed by atoms with Gasteiger partial charge in [0.05, 0.1) is 0 Å². The molecule has 3 rings (SSSR count). The molecule has 4 N–H and O–H groups in total. The number of benzene rings is 3. The van der Waals surface area contributed by atoms with E-state index in [1.807, 2.05) is 54.8 Å². The van der Waals surface area contributed by atoms with Gasteiger partial charge in [0.2, 0.25) is 0 Å². The summed E-state index contributed by atoms with van der Waals surface area (Å²) in [6.07, 6.45) is 0. The molecule has 0 radical (unpaired) electrons. The van der Waals surface area contributed by atoms with Crippen molar-refractivity contribution in [2.24, 2.45) is 5.84 Å². The molecule has 0 bridgehead atoms. The first kappa shape index (κ1) is 18.4. The number of hydrogen-bond donors (Lipinski definition) is 3. The van der Waals surface area contributed by atoms with Crippen LogP contribution in [0.2, 0.25) is 0 Å². The minimum Gasteiger partial charge on any atom is -0.486 e. The maximum Gasteiger partial charge on any atom is 0.333 e. The molecule has 138 valence electrons. The third kappa shape index (κ3) is 4.24. The molecule has 0 saturated carbocycles. The van der Waals surface area contributed by atoms with Gasteiger partial charge in [0.1, 0.15) is 6.61 Å². The number of carbonyl (C=O) groups is 1. The third-order valence-corrected chi connectivity index (χ3v) is 4.21. The zero-order chi connectivity index (χ0) is 19.2. The summed E-state index contributed by atoms with van der Waals surface area (Å²) in [6, 6.07) is 19.2. The van der Waals surface area contributed by atoms with Crippen LogP contribution in [0.3, 0.4) is 0 Å². The van der Waals surface area contributed by atoms with Crippen LogP contribution >= 0.6 is 0 Å². The Morgan fingerprint density at radius 3 is 2.52 bits per heavy atom. The van der Waals surface area contributed by atoms with E-state index in [2.05, 4.69) is 5.32 Å². The highest BCUT2D eigenvalue weighted by Gasteiger charge is 2.13. The Morgan fingerprint density at radius 1 is 1.04 bits per heavy atom. The van der Waals surface area contributed by atoms with Gasteiger partial charge in [-0.3, -0.25) is 5.43 Å². The highest BCUT2D eigenvalue weighted by molar-refractivity contribution is 5.89. The van der Waals surface area contributed by atoms with Crippen molar-refractivity contribution >= 4 is 11.7 Å². The van der Waals surface area contributed by atoms with Crippen LogP contribution in [0, 0.1) is 12.7 Å². The average Bonchev–Trinajstić information content (AvgIpc) is 2.69. The molecule has 0 spiro atoms. The molecule has 2 amide bonds. The molecule has 0 heterocycles. The number of hydrazine groups is 1. The van der Waals surface area contributed by atoms with Crippen LogP contribution < -0.4 is 21.3 Å². The van der Waals surface area contributed by atoms with E-state index < -0.39 is 11.8 Å². The zero-order valence-electron chi connectivity index (χ0n) is 14.8. The molecule has 3 aromatic carbocycles. The number of aryl methyl sites for hydroxylation is 1. The number of urea groups is 1. The zero-order valence-corrected chi connectivity index (χ0v) is 14.8. The van der Waals surface area contributed by atoms with Crippen LogP contribution in [0.4, 0.5) is 14.9 Å². The van der Waals surface area contributed by atoms with Gasteiger partial charge in [-0.1, -0.05) is 54.6 Å². The summed E-state index contributed by atoms with van der Waals surface area (Å²) in [6.45, 7) is 1.99. The van der Waals surface area contributed by atoms with Gasteiger partial charge >= 0.3 is 6.03 Å². The molecule has 27 heavy (non-hydrogen) atoms. The van der Waals surface area contributed by atoms with Crippen molar-refractivity contribution in [3.63, 3.8) is 0 Å². The predicted octanol–water partition coefficient (Wildman–Crippen LogP) is 4.38. The van der Waals surface area contributed by atoms with Gasteiger partial charge < -0.3 is 10.1 Å². The Kier molecular flexibility index (Phi) is 5.68. The highest BCUT2D eigenvalue weighted by Crippen LogP contribution is 2.30. The van der Waals surface area contributed by atoms with E-state index in [0.29, 0.717) is 11.3 Å². The smallest absolute Gasteiger partial charge is 0.333 e. The SMILES string of the molecule is Cc1cccc(NC(=O)NN)c1COc1cccc(-c2ccccc2)c1F. The van der Waals surface area contributed by atoms with Crippen molar-refractivity contribution in [1.29, 1.82) is 0 Å². The Bertz CT molecular complexity index is 945. The van der Waals surface area contributed by atoms with Gasteiger partial charge in [-0.15, -0.1) is 0 Å². The molecule has 0 aliphatic heterocycles. The van der Waals surface area contributed by atoms with E-state index in [4.69, 9.17) is 10.6 Å². The van der Waals surface area contributed by atoms with E-state index in [-0.39, 0.29) is 12.4 Å². The molecule has 0 aliphatic rings. The minimum atomic E-state index is -0.542. The Hall–Kier alpha value is -3.38. The number of halogens is 1. The maximum absolute atomic E-state index is 14.9. The lowest BCUT2D eigenvalue weighted by molar-refractivity contribution is 0.252. The second kappa shape index (κ2) is 8.33. The monoisotopic (exact) mass is 365 g/mol. The number of nitrogens with two attached hydrogens (primary N) is 1. The molecular formula is C21H20FN3O2. The lowest BCUT2D eigenvalue weighted by atomic mass is 10.0. The normalized spacial score (nSPS) is 10.3. The summed E-state index contributed by atoms with van der Waals surface area (Å²) in [5.41, 5.74) is 5.47. The highest BCUT2D eigenvalue weighted by atomic mass is 19.1. The summed E-state index contributed by atoms with van der Waals surface area (Å²) in [7, 11) is 0. The first-order valence-electron chi connectivity index (χ1n) is 8.43. The Morgan fingerprint density at radius 2 is 1.78 bits per heavy atom. The molecule has 0 unspecified atom stereocenters. The van der Waals surface area contributed by atoms with Crippen LogP contribution in [0.25, 0.3) is 11.1 Å². The molecule has 3 aromatic rings. The first-order chi connectivity index (χ1) is 13.1. The fourth-order valence-corrected chi connectivity index (χ4v) is 2.78. The van der Waals surface area contributed by atoms with E-state index >= 15 is 0 Å². The fraction of sp³-hybridized carbons (Fsp3) is 0.0952. The van der Waals surface area contributed by atoms with Gasteiger partial charge in [-0.25, -0.2) is 15.0 Å². The lowest BCUT2D eigenvalue weighted by Gasteiger charge is -2.15. The Labute approximate surface area is 156 Å². The molecule has 0 fully saturated rings. The van der Waals surface area contributed by atoms with E-state index in [9.17, 15) is 9.18 Å². The lowest BCUT2D eigenvalue weighted by Crippen LogP contribution is -2.34. The Balaban J connectivity index is 1.85. The molecular weight excluding hydrogens is 345 g/mol. The van der Waals surface area contributed by atoms with Crippen molar-refractivity contribution in [2.45, 2.75) is 13.5 Å². The summed E-state index contributed by atoms with van der Waals surface area (Å²) < 4.78 is 20.6. The second-order valence-corrected chi connectivity index (χ2v) is 5.97. The number of hydrogen-bond acceptors (Lipinski definition) is 3. The van der Waals surface area contributed by atoms with Crippen molar-refractivity contribution in [3.8, 4) is 16.9 Å². The molecule has 0 saturated heterocycles. The summed E-state index contributed by atoms with van der Waals surface area (Å²) >= 11 is 0. The number of nitrogens with one attached hydrogen (secondary N) is 2. The van der Waals surface area contributed by atoms with Crippen molar-refractivity contribution in [2.75, 3.05) is 5.32 Å². The van der Waals surface area contributed by atoms with Gasteiger partial charge in [-0.05, 0) is 30.2 Å². The second-order valence-electron chi connectivity index (χ2n) is 5.97. The largest absolute Gasteiger partial charge is 0.486 e. The van der Waals surface area contributed by atoms with Crippen LogP contribution in [0.15, 0.2) is 66.7 Å². The maximum atomic E-state index is 14.9. The molecule has 0 aromatic heterocycles. The molecule has 0 aliphatic carbocycles. The number of carbonyl (C=O) groups excluding carboxylic acids is 1. The van der Waals surface area contributed by atoms with Gasteiger partial charge in [-0.2, -0.15) is 0 Å². The summed E-state index contributed by atoms with van der Waals surface area (Å²) in [4.78, 5) is 11.5. The van der Waals surface area contributed by atoms with Crippen molar-refractivity contribution in [3.05, 3.63) is 83.7 Å². The van der Waals surface area contributed by atoms with E-state index in [1.54, 1.807) is 24.3 Å². The molecule has 6 heteroatoms. The summed E-state index contributed by atoms with van der Waals surface area (Å²) in [5, 5.41) is 2.64. The van der Waals surface area contributed by atoms with Crippen LogP contribution in [0.1, 0.15) is 11.1 Å². The number of anilines is 1. The molecule has 0 atom stereocenters. The molecule has 5 nitrogen and oxygen atoms in total. The first-order valence-corrected chi connectivity index (χ1v) is 8.43. The fourth-order valence-electron chi connectivity index (χ4n) is 2.78. The van der Waals surface area contributed by atoms with E-state index in [0.717, 1.165) is 16.7 Å². The van der Waals surface area contributed by atoms with Gasteiger partial charge in [0.25, 0.3) is 0 Å². The van der Waals surface area contributed by atoms with Gasteiger partial charge in [0.15, 0.2) is 11.6 Å². The van der Waals surface area contributed by atoms with Crippen LogP contribution in [-0.4, -0.2) is 6.03 Å². The van der Waals surface area contributed by atoms with Crippen LogP contribution in [0.5, 0.6) is 5.75 Å². The van der Waals surface area contributed by atoms with Crippen molar-refractivity contribution < 1.29 is 13.9 Å².